The molecule has 0 bridgehead atoms. The van der Waals surface area contributed by atoms with Crippen molar-refractivity contribution >= 4 is 11.8 Å². The number of hydrogen-bond acceptors (Lipinski definition) is 2. The average molecular weight is 394 g/mol. The molecule has 0 unspecified atom stereocenters. The third-order valence-electron chi connectivity index (χ3n) is 6.40. The fourth-order valence-corrected chi connectivity index (χ4v) is 4.68. The molecule has 29 heavy (non-hydrogen) atoms. The van der Waals surface area contributed by atoms with Crippen LogP contribution in [0.5, 0.6) is 0 Å². The number of nitrogens with zero attached hydrogens (tertiary/aromatic N) is 2. The van der Waals surface area contributed by atoms with Gasteiger partial charge < -0.3 is 9.80 Å². The van der Waals surface area contributed by atoms with Gasteiger partial charge in [0.2, 0.25) is 5.91 Å². The zero-order chi connectivity index (χ0) is 20.4. The maximum atomic E-state index is 13.9. The number of hydrogen-bond donors (Lipinski definition) is 0. The van der Waals surface area contributed by atoms with Gasteiger partial charge in [-0.3, -0.25) is 9.59 Å². The van der Waals surface area contributed by atoms with Gasteiger partial charge in [0.05, 0.1) is 5.41 Å². The molecule has 2 aromatic carbocycles. The van der Waals surface area contributed by atoms with Gasteiger partial charge in [-0.05, 0) is 49.6 Å². The number of amides is 2. The van der Waals surface area contributed by atoms with Gasteiger partial charge in [0, 0.05) is 31.7 Å². The number of piperazine rings is 1. The molecule has 0 radical (unpaired) electrons. The van der Waals surface area contributed by atoms with Gasteiger partial charge in [-0.15, -0.1) is 0 Å². The van der Waals surface area contributed by atoms with Crippen LogP contribution in [0, 0.1) is 12.7 Å². The van der Waals surface area contributed by atoms with E-state index in [4.69, 9.17) is 0 Å². The first-order chi connectivity index (χ1) is 14.0. The zero-order valence-corrected chi connectivity index (χ0v) is 16.9. The molecule has 1 aliphatic carbocycles. The van der Waals surface area contributed by atoms with Crippen LogP contribution in [0.25, 0.3) is 0 Å². The highest BCUT2D eigenvalue weighted by Gasteiger charge is 2.45. The molecule has 0 aromatic heterocycles. The highest BCUT2D eigenvalue weighted by Crippen LogP contribution is 2.43. The summed E-state index contributed by atoms with van der Waals surface area (Å²) in [6, 6.07) is 14.1. The van der Waals surface area contributed by atoms with E-state index in [-0.39, 0.29) is 17.6 Å². The Morgan fingerprint density at radius 3 is 2.14 bits per heavy atom. The van der Waals surface area contributed by atoms with E-state index in [0.29, 0.717) is 31.7 Å². The lowest BCUT2D eigenvalue weighted by Crippen LogP contribution is -2.55. The Morgan fingerprint density at radius 1 is 0.897 bits per heavy atom. The standard InChI is InChI=1S/C24H27FN2O2/c1-18-7-9-19(10-8-18)22(28)26-13-15-27(16-14-26)23(29)24(11-2-3-12-24)20-5-4-6-21(25)17-20/h4-10,17H,2-3,11-16H2,1H3. The Morgan fingerprint density at radius 2 is 1.52 bits per heavy atom. The maximum Gasteiger partial charge on any atom is 0.253 e. The number of aryl methyl sites for hydroxylation is 1. The number of rotatable bonds is 3. The highest BCUT2D eigenvalue weighted by atomic mass is 19.1. The summed E-state index contributed by atoms with van der Waals surface area (Å²) in [6.07, 6.45) is 3.48. The molecule has 0 atom stereocenters. The van der Waals surface area contributed by atoms with Gasteiger partial charge in [-0.2, -0.15) is 0 Å². The van der Waals surface area contributed by atoms with Gasteiger partial charge in [0.25, 0.3) is 5.91 Å². The van der Waals surface area contributed by atoms with Crippen LogP contribution in [0.1, 0.15) is 47.2 Å². The van der Waals surface area contributed by atoms with E-state index in [1.165, 1.54) is 12.1 Å². The van der Waals surface area contributed by atoms with E-state index in [9.17, 15) is 14.0 Å². The normalized spacial score (nSPS) is 18.7. The Kier molecular flexibility index (Phi) is 5.39. The summed E-state index contributed by atoms with van der Waals surface area (Å²) in [7, 11) is 0. The summed E-state index contributed by atoms with van der Waals surface area (Å²) in [5.41, 5.74) is 1.97. The maximum absolute atomic E-state index is 13.9. The van der Waals surface area contributed by atoms with Crippen molar-refractivity contribution in [3.05, 3.63) is 71.0 Å². The summed E-state index contributed by atoms with van der Waals surface area (Å²) in [5, 5.41) is 0. The third kappa shape index (κ3) is 3.78. The van der Waals surface area contributed by atoms with Gasteiger partial charge in [0.15, 0.2) is 0 Å². The van der Waals surface area contributed by atoms with Gasteiger partial charge in [-0.1, -0.05) is 42.7 Å². The Hall–Kier alpha value is -2.69. The molecule has 152 valence electrons. The SMILES string of the molecule is Cc1ccc(C(=O)N2CCN(C(=O)C3(c4cccc(F)c4)CCCC3)CC2)cc1. The molecule has 1 aliphatic heterocycles. The lowest BCUT2D eigenvalue weighted by atomic mass is 9.77. The van der Waals surface area contributed by atoms with Gasteiger partial charge in [0.1, 0.15) is 5.82 Å². The first kappa shape index (κ1) is 19.6. The Balaban J connectivity index is 1.46. The van der Waals surface area contributed by atoms with Crippen molar-refractivity contribution in [1.29, 1.82) is 0 Å². The Labute approximate surface area is 171 Å². The molecule has 2 aliphatic rings. The fourth-order valence-electron chi connectivity index (χ4n) is 4.68. The number of carbonyl (C=O) groups is 2. The quantitative estimate of drug-likeness (QED) is 0.791. The average Bonchev–Trinajstić information content (AvgIpc) is 3.25. The van der Waals surface area contributed by atoms with Crippen molar-refractivity contribution in [2.24, 2.45) is 0 Å². The van der Waals surface area contributed by atoms with Crippen molar-refractivity contribution in [3.8, 4) is 0 Å². The molecule has 4 rings (SSSR count). The van der Waals surface area contributed by atoms with Crippen LogP contribution < -0.4 is 0 Å². The molecule has 0 spiro atoms. The minimum Gasteiger partial charge on any atom is -0.338 e. The molecule has 0 N–H and O–H groups in total. The van der Waals surface area contributed by atoms with E-state index in [1.807, 2.05) is 47.1 Å². The lowest BCUT2D eigenvalue weighted by Gasteiger charge is -2.40. The molecule has 2 aromatic rings. The van der Waals surface area contributed by atoms with Crippen molar-refractivity contribution in [1.82, 2.24) is 9.80 Å². The van der Waals surface area contributed by atoms with E-state index in [1.54, 1.807) is 6.07 Å². The fraction of sp³-hybridized carbons (Fsp3) is 0.417. The van der Waals surface area contributed by atoms with E-state index in [0.717, 1.165) is 36.8 Å². The second-order valence-corrected chi connectivity index (χ2v) is 8.25. The second-order valence-electron chi connectivity index (χ2n) is 8.25. The predicted molar refractivity (Wildman–Crippen MR) is 110 cm³/mol. The summed E-state index contributed by atoms with van der Waals surface area (Å²) < 4.78 is 13.9. The minimum atomic E-state index is -0.620. The third-order valence-corrected chi connectivity index (χ3v) is 6.40. The number of carbonyl (C=O) groups excluding carboxylic acids is 2. The van der Waals surface area contributed by atoms with Crippen molar-refractivity contribution in [3.63, 3.8) is 0 Å². The van der Waals surface area contributed by atoms with Crippen LogP contribution in [0.2, 0.25) is 0 Å². The second kappa shape index (κ2) is 7.97. The van der Waals surface area contributed by atoms with Crippen LogP contribution >= 0.6 is 0 Å². The van der Waals surface area contributed by atoms with Crippen LogP contribution in [0.3, 0.4) is 0 Å². The first-order valence-corrected chi connectivity index (χ1v) is 10.4. The Bertz CT molecular complexity index is 895. The monoisotopic (exact) mass is 394 g/mol. The van der Waals surface area contributed by atoms with E-state index < -0.39 is 5.41 Å². The topological polar surface area (TPSA) is 40.6 Å². The van der Waals surface area contributed by atoms with Crippen molar-refractivity contribution in [2.75, 3.05) is 26.2 Å². The first-order valence-electron chi connectivity index (χ1n) is 10.4. The molecule has 4 nitrogen and oxygen atoms in total. The minimum absolute atomic E-state index is 0.0119. The molecule has 2 amide bonds. The number of halogens is 1. The molecule has 5 heteroatoms. The predicted octanol–water partition coefficient (Wildman–Crippen LogP) is 3.93. The molecule has 1 saturated carbocycles. The van der Waals surface area contributed by atoms with Gasteiger partial charge >= 0.3 is 0 Å². The summed E-state index contributed by atoms with van der Waals surface area (Å²) in [4.78, 5) is 30.0. The number of benzene rings is 2. The zero-order valence-electron chi connectivity index (χ0n) is 16.9. The van der Waals surface area contributed by atoms with Crippen LogP contribution in [0.15, 0.2) is 48.5 Å². The van der Waals surface area contributed by atoms with E-state index in [2.05, 4.69) is 0 Å². The summed E-state index contributed by atoms with van der Waals surface area (Å²) in [6.45, 7) is 4.09. The molecule has 1 heterocycles. The van der Waals surface area contributed by atoms with Crippen molar-refractivity contribution < 1.29 is 14.0 Å². The summed E-state index contributed by atoms with van der Waals surface area (Å²) >= 11 is 0. The van der Waals surface area contributed by atoms with Gasteiger partial charge in [-0.25, -0.2) is 4.39 Å². The lowest BCUT2D eigenvalue weighted by molar-refractivity contribution is -0.138. The largest absolute Gasteiger partial charge is 0.338 e. The molecule has 2 fully saturated rings. The van der Waals surface area contributed by atoms with Crippen LogP contribution in [0.4, 0.5) is 4.39 Å². The molecular formula is C24H27FN2O2. The van der Waals surface area contributed by atoms with E-state index >= 15 is 0 Å². The highest BCUT2D eigenvalue weighted by molar-refractivity contribution is 5.94. The molecule has 1 saturated heterocycles. The van der Waals surface area contributed by atoms with Crippen LogP contribution in [-0.4, -0.2) is 47.8 Å². The van der Waals surface area contributed by atoms with Crippen LogP contribution in [-0.2, 0) is 10.2 Å². The van der Waals surface area contributed by atoms with Crippen molar-refractivity contribution in [2.45, 2.75) is 38.0 Å². The summed E-state index contributed by atoms with van der Waals surface area (Å²) in [5.74, 6) is -0.198. The molecular weight excluding hydrogens is 367 g/mol. The smallest absolute Gasteiger partial charge is 0.253 e.